The second-order valence-electron chi connectivity index (χ2n) is 7.74. The highest BCUT2D eigenvalue weighted by Crippen LogP contribution is 2.29. The van der Waals surface area contributed by atoms with Crippen molar-refractivity contribution in [3.63, 3.8) is 0 Å². The van der Waals surface area contributed by atoms with Crippen LogP contribution in [-0.4, -0.2) is 33.7 Å². The maximum absolute atomic E-state index is 14.0. The Balaban J connectivity index is 2.02. The van der Waals surface area contributed by atoms with Gasteiger partial charge >= 0.3 is 0 Å². The Hall–Kier alpha value is -4.84. The number of aromatic nitrogens is 3. The molecular formula is C26H23N7O2. The number of hydrogen-bond acceptors (Lipinski definition) is 7. The molecule has 2 heterocycles. The Bertz CT molecular complexity index is 1520. The van der Waals surface area contributed by atoms with Crippen molar-refractivity contribution in [1.29, 1.82) is 10.7 Å². The number of para-hydroxylation sites is 1. The van der Waals surface area contributed by atoms with Crippen LogP contribution in [0.25, 0.3) is 27.7 Å². The number of rotatable bonds is 7. The molecular weight excluding hydrogens is 442 g/mol. The molecule has 0 aliphatic carbocycles. The van der Waals surface area contributed by atoms with Crippen LogP contribution < -0.4 is 16.0 Å². The topological polar surface area (TPSA) is 143 Å². The summed E-state index contributed by atoms with van der Waals surface area (Å²) in [6.07, 6.45) is 2.55. The average molecular weight is 466 g/mol. The smallest absolute Gasteiger partial charge is 0.266 e. The quantitative estimate of drug-likeness (QED) is 0.315. The summed E-state index contributed by atoms with van der Waals surface area (Å²) in [5, 5.41) is 17.1. The van der Waals surface area contributed by atoms with Crippen LogP contribution in [0.1, 0.15) is 18.8 Å². The Morgan fingerprint density at radius 2 is 2.00 bits per heavy atom. The van der Waals surface area contributed by atoms with Gasteiger partial charge in [0.25, 0.3) is 5.56 Å². The van der Waals surface area contributed by atoms with Crippen LogP contribution in [-0.2, 0) is 0 Å². The van der Waals surface area contributed by atoms with E-state index in [-0.39, 0.29) is 11.4 Å². The summed E-state index contributed by atoms with van der Waals surface area (Å²) >= 11 is 0. The number of nitrogens with one attached hydrogen (secondary N) is 1. The summed E-state index contributed by atoms with van der Waals surface area (Å²) in [6, 6.07) is 19.4. The van der Waals surface area contributed by atoms with Gasteiger partial charge in [-0.25, -0.2) is 9.97 Å². The third kappa shape index (κ3) is 4.50. The summed E-state index contributed by atoms with van der Waals surface area (Å²) in [4.78, 5) is 27.4. The summed E-state index contributed by atoms with van der Waals surface area (Å²) in [7, 11) is 1.54. The Morgan fingerprint density at radius 1 is 1.23 bits per heavy atom. The molecule has 3 N–H and O–H groups in total. The standard InChI is InChI=1S/C26H23N7O2/c1-16(31-24(29)18(14-27)15-28)25-32-21-10-6-9-20(17-11-12-30-22(13-17)35-2)23(21)26(34)33(25)19-7-4-3-5-8-19/h3-14,16,18,27H,1-2H3,(H2,29,31). The lowest BCUT2D eigenvalue weighted by Crippen LogP contribution is -2.28. The van der Waals surface area contributed by atoms with Crippen molar-refractivity contribution in [2.75, 3.05) is 7.11 Å². The van der Waals surface area contributed by atoms with E-state index in [1.165, 1.54) is 11.7 Å². The summed E-state index contributed by atoms with van der Waals surface area (Å²) in [5.41, 5.74) is 8.30. The normalized spacial score (nSPS) is 13.1. The Labute approximate surface area is 201 Å². The summed E-state index contributed by atoms with van der Waals surface area (Å²) in [6.45, 7) is 1.75. The first-order valence-corrected chi connectivity index (χ1v) is 10.8. The van der Waals surface area contributed by atoms with Gasteiger partial charge < -0.3 is 15.9 Å². The van der Waals surface area contributed by atoms with Crippen LogP contribution in [0.2, 0.25) is 0 Å². The average Bonchev–Trinajstić information content (AvgIpc) is 2.89. The first-order chi connectivity index (χ1) is 17.0. The van der Waals surface area contributed by atoms with E-state index in [1.807, 2.05) is 54.6 Å². The maximum atomic E-state index is 14.0. The van der Waals surface area contributed by atoms with Gasteiger partial charge in [-0.15, -0.1) is 0 Å². The van der Waals surface area contributed by atoms with E-state index < -0.39 is 12.0 Å². The van der Waals surface area contributed by atoms with Crippen molar-refractivity contribution in [3.05, 3.63) is 83.0 Å². The minimum atomic E-state index is -0.955. The largest absolute Gasteiger partial charge is 0.481 e. The molecule has 0 bridgehead atoms. The number of nitrogens with two attached hydrogens (primary N) is 1. The van der Waals surface area contributed by atoms with Crippen molar-refractivity contribution < 1.29 is 4.74 Å². The van der Waals surface area contributed by atoms with Gasteiger partial charge in [-0.2, -0.15) is 5.26 Å². The second kappa shape index (κ2) is 9.97. The van der Waals surface area contributed by atoms with Crippen LogP contribution >= 0.6 is 0 Å². The molecule has 2 unspecified atom stereocenters. The number of fused-ring (bicyclic) bond motifs is 1. The highest BCUT2D eigenvalue weighted by Gasteiger charge is 2.21. The molecule has 0 saturated heterocycles. The molecule has 0 radical (unpaired) electrons. The number of methoxy groups -OCH3 is 1. The Morgan fingerprint density at radius 3 is 2.69 bits per heavy atom. The Kier molecular flexibility index (Phi) is 6.64. The number of amidine groups is 1. The zero-order valence-electron chi connectivity index (χ0n) is 19.2. The van der Waals surface area contributed by atoms with Crippen molar-refractivity contribution in [2.24, 2.45) is 16.6 Å². The highest BCUT2D eigenvalue weighted by atomic mass is 16.5. The van der Waals surface area contributed by atoms with E-state index >= 15 is 0 Å². The van der Waals surface area contributed by atoms with Gasteiger partial charge in [0.2, 0.25) is 5.88 Å². The van der Waals surface area contributed by atoms with E-state index in [9.17, 15) is 10.1 Å². The van der Waals surface area contributed by atoms with E-state index in [2.05, 4.69) is 9.98 Å². The molecule has 9 nitrogen and oxygen atoms in total. The van der Waals surface area contributed by atoms with Crippen molar-refractivity contribution in [3.8, 4) is 28.8 Å². The number of nitriles is 1. The molecule has 0 aliphatic heterocycles. The van der Waals surface area contributed by atoms with Crippen LogP contribution in [0.5, 0.6) is 5.88 Å². The molecule has 0 aliphatic rings. The molecule has 0 fully saturated rings. The van der Waals surface area contributed by atoms with Gasteiger partial charge in [-0.1, -0.05) is 30.3 Å². The van der Waals surface area contributed by atoms with Crippen LogP contribution in [0.15, 0.2) is 76.6 Å². The monoisotopic (exact) mass is 465 g/mol. The zero-order valence-corrected chi connectivity index (χ0v) is 19.2. The lowest BCUT2D eigenvalue weighted by atomic mass is 10.0. The minimum Gasteiger partial charge on any atom is -0.481 e. The fourth-order valence-corrected chi connectivity index (χ4v) is 3.83. The second-order valence-corrected chi connectivity index (χ2v) is 7.74. The van der Waals surface area contributed by atoms with Gasteiger partial charge in [0.05, 0.1) is 29.8 Å². The summed E-state index contributed by atoms with van der Waals surface area (Å²) < 4.78 is 6.77. The van der Waals surface area contributed by atoms with Crippen molar-refractivity contribution in [2.45, 2.75) is 13.0 Å². The van der Waals surface area contributed by atoms with Gasteiger partial charge in [0.1, 0.15) is 23.6 Å². The maximum Gasteiger partial charge on any atom is 0.266 e. The van der Waals surface area contributed by atoms with Crippen LogP contribution in [0, 0.1) is 22.7 Å². The van der Waals surface area contributed by atoms with E-state index in [1.54, 1.807) is 25.3 Å². The molecule has 0 saturated carbocycles. The van der Waals surface area contributed by atoms with Crippen molar-refractivity contribution in [1.82, 2.24) is 14.5 Å². The molecule has 0 spiro atoms. The molecule has 2 atom stereocenters. The minimum absolute atomic E-state index is 0.0124. The number of ether oxygens (including phenoxy) is 1. The van der Waals surface area contributed by atoms with E-state index in [4.69, 9.17) is 20.9 Å². The number of benzene rings is 2. The van der Waals surface area contributed by atoms with E-state index in [0.717, 1.165) is 11.8 Å². The fraction of sp³-hybridized carbons (Fsp3) is 0.154. The van der Waals surface area contributed by atoms with Crippen LogP contribution in [0.3, 0.4) is 0 Å². The number of hydrogen-bond donors (Lipinski definition) is 2. The molecule has 35 heavy (non-hydrogen) atoms. The number of nitrogens with zero attached hydrogens (tertiary/aromatic N) is 5. The first-order valence-electron chi connectivity index (χ1n) is 10.8. The molecule has 4 rings (SSSR count). The predicted molar refractivity (Wildman–Crippen MR) is 135 cm³/mol. The van der Waals surface area contributed by atoms with Gasteiger partial charge in [0.15, 0.2) is 0 Å². The molecule has 9 heteroatoms. The van der Waals surface area contributed by atoms with Gasteiger partial charge in [-0.3, -0.25) is 14.4 Å². The van der Waals surface area contributed by atoms with Crippen LogP contribution in [0.4, 0.5) is 0 Å². The molecule has 2 aromatic carbocycles. The zero-order chi connectivity index (χ0) is 24.9. The molecule has 4 aromatic rings. The highest BCUT2D eigenvalue weighted by molar-refractivity contribution is 5.98. The van der Waals surface area contributed by atoms with E-state index in [0.29, 0.717) is 33.9 Å². The predicted octanol–water partition coefficient (Wildman–Crippen LogP) is 3.66. The summed E-state index contributed by atoms with van der Waals surface area (Å²) in [5.74, 6) is -0.170. The lowest BCUT2D eigenvalue weighted by molar-refractivity contribution is 0.398. The lowest BCUT2D eigenvalue weighted by Gasteiger charge is -2.18. The number of pyridine rings is 1. The number of aliphatic imine (C=N–C) groups is 1. The third-order valence-corrected chi connectivity index (χ3v) is 5.53. The molecule has 174 valence electrons. The fourth-order valence-electron chi connectivity index (χ4n) is 3.83. The SMILES string of the molecule is COc1cc(-c2cccc3nc(C(C)N=C(N)C(C#N)C=N)n(-c4ccccc4)c(=O)c23)ccn1. The molecule has 0 amide bonds. The molecule has 2 aromatic heterocycles. The van der Waals surface area contributed by atoms with Crippen molar-refractivity contribution >= 4 is 23.0 Å². The third-order valence-electron chi connectivity index (χ3n) is 5.53. The van der Waals surface area contributed by atoms with Gasteiger partial charge in [-0.05, 0) is 42.3 Å². The first kappa shape index (κ1) is 23.3. The van der Waals surface area contributed by atoms with Gasteiger partial charge in [0, 0.05) is 18.5 Å².